The zero-order valence-corrected chi connectivity index (χ0v) is 13.0. The van der Waals surface area contributed by atoms with E-state index in [9.17, 15) is 0 Å². The summed E-state index contributed by atoms with van der Waals surface area (Å²) in [5.41, 5.74) is 1.47. The molecule has 1 aliphatic carbocycles. The summed E-state index contributed by atoms with van der Waals surface area (Å²) in [7, 11) is 1.94. The predicted molar refractivity (Wildman–Crippen MR) is 83.6 cm³/mol. The highest BCUT2D eigenvalue weighted by molar-refractivity contribution is 7.19. The Morgan fingerprint density at radius 2 is 2.10 bits per heavy atom. The first kappa shape index (κ1) is 13.8. The summed E-state index contributed by atoms with van der Waals surface area (Å²) in [5, 5.41) is 4.48. The van der Waals surface area contributed by atoms with Crippen LogP contribution in [-0.4, -0.2) is 23.6 Å². The first-order chi connectivity index (χ1) is 9.83. The van der Waals surface area contributed by atoms with E-state index < -0.39 is 0 Å². The highest BCUT2D eigenvalue weighted by Gasteiger charge is 2.20. The molecule has 20 heavy (non-hydrogen) atoms. The molecule has 5 heteroatoms. The van der Waals surface area contributed by atoms with Crippen molar-refractivity contribution in [2.45, 2.75) is 45.6 Å². The normalized spacial score (nSPS) is 14.5. The molecule has 0 aliphatic heterocycles. The van der Waals surface area contributed by atoms with Gasteiger partial charge in [0.2, 0.25) is 0 Å². The average Bonchev–Trinajstić information content (AvgIpc) is 2.85. The van der Waals surface area contributed by atoms with Crippen LogP contribution in [-0.2, 0) is 24.2 Å². The Kier molecular flexibility index (Phi) is 4.17. The lowest BCUT2D eigenvalue weighted by molar-refractivity contribution is 0.116. The number of rotatable bonds is 5. The number of hydrogen-bond donors (Lipinski definition) is 1. The lowest BCUT2D eigenvalue weighted by Gasteiger charge is -2.12. The Bertz CT molecular complexity index is 609. The molecule has 2 aromatic rings. The molecule has 2 heterocycles. The number of aromatic nitrogens is 2. The molecule has 0 bridgehead atoms. The molecule has 0 amide bonds. The summed E-state index contributed by atoms with van der Waals surface area (Å²) in [6.45, 7) is 3.37. The van der Waals surface area contributed by atoms with Gasteiger partial charge in [0.1, 0.15) is 17.3 Å². The van der Waals surface area contributed by atoms with E-state index in [2.05, 4.69) is 17.2 Å². The molecule has 0 unspecified atom stereocenters. The summed E-state index contributed by atoms with van der Waals surface area (Å²) < 4.78 is 5.57. The lowest BCUT2D eigenvalue weighted by Crippen LogP contribution is -2.05. The third kappa shape index (κ3) is 2.52. The summed E-state index contributed by atoms with van der Waals surface area (Å²) in [6.07, 6.45) is 5.96. The monoisotopic (exact) mass is 291 g/mol. The average molecular weight is 291 g/mol. The van der Waals surface area contributed by atoms with E-state index >= 15 is 0 Å². The molecular weight excluding hydrogens is 270 g/mol. The molecule has 0 fully saturated rings. The Labute approximate surface area is 123 Å². The molecule has 1 aliphatic rings. The van der Waals surface area contributed by atoms with Gasteiger partial charge in [0.15, 0.2) is 5.82 Å². The molecule has 1 N–H and O–H groups in total. The predicted octanol–water partition coefficient (Wildman–Crippen LogP) is 3.54. The quantitative estimate of drug-likeness (QED) is 0.856. The highest BCUT2D eigenvalue weighted by Crippen LogP contribution is 2.38. The van der Waals surface area contributed by atoms with Gasteiger partial charge in [-0.05, 0) is 37.7 Å². The Balaban J connectivity index is 2.00. The SMILES string of the molecule is CCCOCc1nc(NC)c2c3c(sc2n1)CCCC3. The van der Waals surface area contributed by atoms with E-state index in [1.807, 2.05) is 18.4 Å². The van der Waals surface area contributed by atoms with E-state index in [0.717, 1.165) is 29.5 Å². The highest BCUT2D eigenvalue weighted by atomic mass is 32.1. The minimum atomic E-state index is 0.501. The molecule has 0 radical (unpaired) electrons. The second kappa shape index (κ2) is 6.06. The molecule has 2 aromatic heterocycles. The second-order valence-corrected chi connectivity index (χ2v) is 6.27. The third-order valence-electron chi connectivity index (χ3n) is 3.68. The van der Waals surface area contributed by atoms with Crippen LogP contribution in [0.4, 0.5) is 5.82 Å². The van der Waals surface area contributed by atoms with Crippen molar-refractivity contribution in [3.05, 3.63) is 16.3 Å². The fraction of sp³-hybridized carbons (Fsp3) is 0.600. The van der Waals surface area contributed by atoms with Crippen molar-refractivity contribution in [3.63, 3.8) is 0 Å². The van der Waals surface area contributed by atoms with Crippen molar-refractivity contribution in [1.82, 2.24) is 9.97 Å². The minimum absolute atomic E-state index is 0.501. The first-order valence-corrected chi connectivity index (χ1v) is 8.21. The van der Waals surface area contributed by atoms with Gasteiger partial charge in [-0.15, -0.1) is 11.3 Å². The smallest absolute Gasteiger partial charge is 0.158 e. The number of nitrogens with zero attached hydrogens (tertiary/aromatic N) is 2. The summed E-state index contributed by atoms with van der Waals surface area (Å²) in [4.78, 5) is 12.0. The van der Waals surface area contributed by atoms with Crippen molar-refractivity contribution in [1.29, 1.82) is 0 Å². The number of fused-ring (bicyclic) bond motifs is 3. The van der Waals surface area contributed by atoms with Crippen LogP contribution in [0.1, 0.15) is 42.5 Å². The van der Waals surface area contributed by atoms with Crippen LogP contribution in [0.15, 0.2) is 0 Å². The molecule has 0 spiro atoms. The topological polar surface area (TPSA) is 47.0 Å². The van der Waals surface area contributed by atoms with Gasteiger partial charge in [0.05, 0.1) is 5.39 Å². The van der Waals surface area contributed by atoms with Crippen LogP contribution >= 0.6 is 11.3 Å². The fourth-order valence-corrected chi connectivity index (χ4v) is 4.03. The lowest BCUT2D eigenvalue weighted by atomic mass is 9.97. The Hall–Kier alpha value is -1.20. The maximum absolute atomic E-state index is 5.57. The number of hydrogen-bond acceptors (Lipinski definition) is 5. The van der Waals surface area contributed by atoms with Crippen LogP contribution in [0, 0.1) is 0 Å². The minimum Gasteiger partial charge on any atom is -0.373 e. The van der Waals surface area contributed by atoms with Crippen molar-refractivity contribution in [3.8, 4) is 0 Å². The van der Waals surface area contributed by atoms with Gasteiger partial charge in [0, 0.05) is 18.5 Å². The van der Waals surface area contributed by atoms with E-state index in [4.69, 9.17) is 9.72 Å². The largest absolute Gasteiger partial charge is 0.373 e. The fourth-order valence-electron chi connectivity index (χ4n) is 2.75. The van der Waals surface area contributed by atoms with Crippen LogP contribution < -0.4 is 5.32 Å². The van der Waals surface area contributed by atoms with Crippen molar-refractivity contribution in [2.75, 3.05) is 19.0 Å². The number of thiophene rings is 1. The number of ether oxygens (including phenoxy) is 1. The maximum Gasteiger partial charge on any atom is 0.158 e. The van der Waals surface area contributed by atoms with Gasteiger partial charge in [-0.2, -0.15) is 0 Å². The van der Waals surface area contributed by atoms with Gasteiger partial charge in [-0.1, -0.05) is 6.92 Å². The molecule has 3 rings (SSSR count). The van der Waals surface area contributed by atoms with E-state index in [1.54, 1.807) is 0 Å². The van der Waals surface area contributed by atoms with E-state index in [-0.39, 0.29) is 0 Å². The molecule has 0 atom stereocenters. The summed E-state index contributed by atoms with van der Waals surface area (Å²) >= 11 is 1.84. The van der Waals surface area contributed by atoms with Gasteiger partial charge >= 0.3 is 0 Å². The standard InChI is InChI=1S/C15H21N3OS/c1-3-8-19-9-12-17-14(16-2)13-10-6-4-5-7-11(10)20-15(13)18-12/h3-9H2,1-2H3,(H,16,17,18). The molecule has 0 aromatic carbocycles. The van der Waals surface area contributed by atoms with Crippen LogP contribution in [0.3, 0.4) is 0 Å². The second-order valence-electron chi connectivity index (χ2n) is 5.18. The number of nitrogens with one attached hydrogen (secondary N) is 1. The van der Waals surface area contributed by atoms with E-state index in [1.165, 1.54) is 41.5 Å². The van der Waals surface area contributed by atoms with Gasteiger partial charge in [-0.3, -0.25) is 0 Å². The molecule has 108 valence electrons. The van der Waals surface area contributed by atoms with E-state index in [0.29, 0.717) is 6.61 Å². The Morgan fingerprint density at radius 1 is 1.25 bits per heavy atom. The van der Waals surface area contributed by atoms with Crippen LogP contribution in [0.2, 0.25) is 0 Å². The van der Waals surface area contributed by atoms with Crippen LogP contribution in [0.25, 0.3) is 10.2 Å². The van der Waals surface area contributed by atoms with Crippen molar-refractivity contribution < 1.29 is 4.74 Å². The maximum atomic E-state index is 5.57. The van der Waals surface area contributed by atoms with Crippen molar-refractivity contribution in [2.24, 2.45) is 0 Å². The summed E-state index contributed by atoms with van der Waals surface area (Å²) in [5.74, 6) is 1.75. The van der Waals surface area contributed by atoms with Gasteiger partial charge in [-0.25, -0.2) is 9.97 Å². The third-order valence-corrected chi connectivity index (χ3v) is 4.86. The van der Waals surface area contributed by atoms with Crippen LogP contribution in [0.5, 0.6) is 0 Å². The molecule has 0 saturated carbocycles. The molecular formula is C15H21N3OS. The molecule has 0 saturated heterocycles. The van der Waals surface area contributed by atoms with Gasteiger partial charge < -0.3 is 10.1 Å². The number of aryl methyl sites for hydroxylation is 2. The van der Waals surface area contributed by atoms with Crippen molar-refractivity contribution >= 4 is 27.4 Å². The first-order valence-electron chi connectivity index (χ1n) is 7.40. The molecule has 4 nitrogen and oxygen atoms in total. The number of anilines is 1. The van der Waals surface area contributed by atoms with Gasteiger partial charge in [0.25, 0.3) is 0 Å². The Morgan fingerprint density at radius 3 is 2.90 bits per heavy atom. The zero-order chi connectivity index (χ0) is 13.9. The summed E-state index contributed by atoms with van der Waals surface area (Å²) in [6, 6.07) is 0. The zero-order valence-electron chi connectivity index (χ0n) is 12.2.